The van der Waals surface area contributed by atoms with Crippen molar-refractivity contribution in [3.05, 3.63) is 59.7 Å². The maximum absolute atomic E-state index is 13.6. The number of aliphatic hydroxyl groups is 4. The first-order valence-electron chi connectivity index (χ1n) is 10.2. The molecule has 4 atom stereocenters. The van der Waals surface area contributed by atoms with Crippen LogP contribution in [0.2, 0.25) is 0 Å². The molecule has 0 aromatic heterocycles. The molecule has 12 nitrogen and oxygen atoms in total. The van der Waals surface area contributed by atoms with Gasteiger partial charge in [0.05, 0.1) is 17.7 Å². The van der Waals surface area contributed by atoms with Crippen molar-refractivity contribution in [2.45, 2.75) is 37.1 Å². The SMILES string of the molecule is CC(=O)Oc1ccccc1C(=O)C1(O)OC[C@@H](O)[C@](N)(O)[C@@]1(O)C(=O)c1ccccc1OC(C)=O. The first kappa shape index (κ1) is 26.1. The van der Waals surface area contributed by atoms with Gasteiger partial charge in [-0.1, -0.05) is 24.3 Å². The Bertz CT molecular complexity index is 1190. The van der Waals surface area contributed by atoms with Gasteiger partial charge in [-0.25, -0.2) is 0 Å². The maximum atomic E-state index is 13.6. The van der Waals surface area contributed by atoms with Gasteiger partial charge in [-0.05, 0) is 24.3 Å². The monoisotopic (exact) mass is 489 g/mol. The van der Waals surface area contributed by atoms with Crippen molar-refractivity contribution in [2.24, 2.45) is 5.73 Å². The van der Waals surface area contributed by atoms with E-state index in [1.54, 1.807) is 0 Å². The molecule has 0 saturated carbocycles. The van der Waals surface area contributed by atoms with E-state index in [0.29, 0.717) is 0 Å². The Hall–Kier alpha value is -3.52. The summed E-state index contributed by atoms with van der Waals surface area (Å²) in [6.07, 6.45) is -2.16. The number of hydrogen-bond donors (Lipinski definition) is 5. The molecule has 1 aliphatic heterocycles. The predicted octanol–water partition coefficient (Wildman–Crippen LogP) is -0.939. The molecule has 2 aromatic carbocycles. The fraction of sp³-hybridized carbons (Fsp3) is 0.304. The van der Waals surface area contributed by atoms with Crippen molar-refractivity contribution in [1.29, 1.82) is 0 Å². The fourth-order valence-corrected chi connectivity index (χ4v) is 3.68. The van der Waals surface area contributed by atoms with Gasteiger partial charge < -0.3 is 34.6 Å². The largest absolute Gasteiger partial charge is 0.426 e. The number of benzene rings is 2. The second kappa shape index (κ2) is 9.26. The summed E-state index contributed by atoms with van der Waals surface area (Å²) >= 11 is 0. The summed E-state index contributed by atoms with van der Waals surface area (Å²) in [4.78, 5) is 50.1. The number of esters is 2. The van der Waals surface area contributed by atoms with Crippen LogP contribution in [0, 0.1) is 0 Å². The standard InChI is InChI=1S/C23H23NO11/c1-12(25)34-16-9-5-3-7-14(16)19(28)21(30)22(24,31)18(27)11-33-23(21,32)20(29)15-8-4-6-10-17(15)35-13(2)26/h3-10,18,27,30-32H,11,24H2,1-2H3/t18-,21+,22+,23?/m1/s1. The summed E-state index contributed by atoms with van der Waals surface area (Å²) in [5, 5.41) is 44.1. The molecule has 0 aliphatic carbocycles. The molecule has 1 heterocycles. The van der Waals surface area contributed by atoms with Crippen molar-refractivity contribution in [3.63, 3.8) is 0 Å². The fourth-order valence-electron chi connectivity index (χ4n) is 3.68. The third-order valence-electron chi connectivity index (χ3n) is 5.44. The lowest BCUT2D eigenvalue weighted by Crippen LogP contribution is -2.84. The van der Waals surface area contributed by atoms with Gasteiger partial charge in [0, 0.05) is 13.8 Å². The Balaban J connectivity index is 2.24. The molecule has 1 saturated heterocycles. The molecular formula is C23H23NO11. The lowest BCUT2D eigenvalue weighted by atomic mass is 9.70. The minimum atomic E-state index is -3.76. The lowest BCUT2D eigenvalue weighted by molar-refractivity contribution is -0.350. The normalized spacial score (nSPS) is 28.1. The third kappa shape index (κ3) is 4.23. The first-order chi connectivity index (χ1) is 16.3. The summed E-state index contributed by atoms with van der Waals surface area (Å²) in [6, 6.07) is 9.94. The number of hydrogen-bond acceptors (Lipinski definition) is 12. The van der Waals surface area contributed by atoms with Crippen molar-refractivity contribution >= 4 is 23.5 Å². The molecule has 12 heteroatoms. The second-order valence-electron chi connectivity index (χ2n) is 7.84. The van der Waals surface area contributed by atoms with Crippen LogP contribution < -0.4 is 15.2 Å². The van der Waals surface area contributed by atoms with E-state index in [1.165, 1.54) is 36.4 Å². The van der Waals surface area contributed by atoms with Gasteiger partial charge in [-0.3, -0.25) is 24.9 Å². The third-order valence-corrected chi connectivity index (χ3v) is 5.44. The number of carbonyl (C=O) groups is 4. The average Bonchev–Trinajstić information content (AvgIpc) is 2.79. The summed E-state index contributed by atoms with van der Waals surface area (Å²) in [5.74, 6) is -9.17. The minimum Gasteiger partial charge on any atom is -0.426 e. The van der Waals surface area contributed by atoms with Crippen LogP contribution in [0.15, 0.2) is 48.5 Å². The molecule has 0 spiro atoms. The molecule has 2 aromatic rings. The Morgan fingerprint density at radius 3 is 1.74 bits per heavy atom. The van der Waals surface area contributed by atoms with Crippen LogP contribution in [-0.2, 0) is 14.3 Å². The van der Waals surface area contributed by atoms with Crippen LogP contribution in [0.3, 0.4) is 0 Å². The predicted molar refractivity (Wildman–Crippen MR) is 115 cm³/mol. The highest BCUT2D eigenvalue weighted by molar-refractivity contribution is 6.14. The Morgan fingerprint density at radius 2 is 1.29 bits per heavy atom. The van der Waals surface area contributed by atoms with Gasteiger partial charge in [-0.15, -0.1) is 0 Å². The highest BCUT2D eigenvalue weighted by Gasteiger charge is 2.75. The molecular weight excluding hydrogens is 466 g/mol. The van der Waals surface area contributed by atoms with Crippen molar-refractivity contribution < 1.29 is 53.8 Å². The van der Waals surface area contributed by atoms with Crippen LogP contribution in [0.1, 0.15) is 34.6 Å². The Kier molecular flexibility index (Phi) is 6.90. The number of para-hydroxylation sites is 2. The maximum Gasteiger partial charge on any atom is 0.308 e. The average molecular weight is 489 g/mol. The molecule has 186 valence electrons. The van der Waals surface area contributed by atoms with Gasteiger partial charge in [-0.2, -0.15) is 0 Å². The highest BCUT2D eigenvalue weighted by Crippen LogP contribution is 2.44. The molecule has 35 heavy (non-hydrogen) atoms. The Labute approximate surface area is 198 Å². The van der Waals surface area contributed by atoms with E-state index in [9.17, 15) is 39.6 Å². The topological polar surface area (TPSA) is 203 Å². The van der Waals surface area contributed by atoms with Crippen molar-refractivity contribution in [2.75, 3.05) is 6.61 Å². The number of ether oxygens (including phenoxy) is 3. The Morgan fingerprint density at radius 1 is 0.857 bits per heavy atom. The van der Waals surface area contributed by atoms with E-state index >= 15 is 0 Å². The summed E-state index contributed by atoms with van der Waals surface area (Å²) in [7, 11) is 0. The summed E-state index contributed by atoms with van der Waals surface area (Å²) in [5.41, 5.74) is -2.46. The zero-order chi connectivity index (χ0) is 26.2. The summed E-state index contributed by atoms with van der Waals surface area (Å²) in [6.45, 7) is 1.11. The molecule has 1 fully saturated rings. The zero-order valence-electron chi connectivity index (χ0n) is 18.6. The van der Waals surface area contributed by atoms with Crippen LogP contribution in [-0.4, -0.2) is 73.8 Å². The molecule has 1 unspecified atom stereocenters. The van der Waals surface area contributed by atoms with Gasteiger partial charge in [0.2, 0.25) is 17.2 Å². The molecule has 1 aliphatic rings. The van der Waals surface area contributed by atoms with Crippen molar-refractivity contribution in [3.8, 4) is 11.5 Å². The van der Waals surface area contributed by atoms with Gasteiger partial charge in [0.1, 0.15) is 17.6 Å². The van der Waals surface area contributed by atoms with E-state index in [1.807, 2.05) is 0 Å². The minimum absolute atomic E-state index is 0.358. The number of ketones is 2. The number of carbonyl (C=O) groups excluding carboxylic acids is 4. The van der Waals surface area contributed by atoms with Crippen LogP contribution in [0.5, 0.6) is 11.5 Å². The molecule has 0 radical (unpaired) electrons. The van der Waals surface area contributed by atoms with E-state index in [0.717, 1.165) is 26.0 Å². The number of nitrogens with two attached hydrogens (primary N) is 1. The molecule has 0 bridgehead atoms. The summed E-state index contributed by atoms with van der Waals surface area (Å²) < 4.78 is 15.0. The first-order valence-corrected chi connectivity index (χ1v) is 10.2. The van der Waals surface area contributed by atoms with Gasteiger partial charge in [0.25, 0.3) is 5.79 Å². The van der Waals surface area contributed by atoms with Crippen LogP contribution in [0.25, 0.3) is 0 Å². The zero-order valence-corrected chi connectivity index (χ0v) is 18.6. The lowest BCUT2D eigenvalue weighted by Gasteiger charge is -2.53. The highest BCUT2D eigenvalue weighted by atomic mass is 16.7. The smallest absolute Gasteiger partial charge is 0.308 e. The van der Waals surface area contributed by atoms with Crippen molar-refractivity contribution in [1.82, 2.24) is 0 Å². The second-order valence-corrected chi connectivity index (χ2v) is 7.84. The molecule has 6 N–H and O–H groups in total. The van der Waals surface area contributed by atoms with Crippen LogP contribution in [0.4, 0.5) is 0 Å². The number of rotatable bonds is 6. The number of aliphatic hydroxyl groups excluding tert-OH is 1. The van der Waals surface area contributed by atoms with E-state index in [4.69, 9.17) is 19.9 Å². The van der Waals surface area contributed by atoms with E-state index < -0.39 is 70.2 Å². The molecule has 3 rings (SSSR count). The molecule has 0 amide bonds. The van der Waals surface area contributed by atoms with Gasteiger partial charge in [0.15, 0.2) is 5.72 Å². The quantitative estimate of drug-likeness (QED) is 0.144. The van der Waals surface area contributed by atoms with E-state index in [2.05, 4.69) is 0 Å². The number of Topliss-reactive ketones (excluding diaryl/α,β-unsaturated/α-hetero) is 2. The van der Waals surface area contributed by atoms with Crippen LogP contribution >= 0.6 is 0 Å². The van der Waals surface area contributed by atoms with E-state index in [-0.39, 0.29) is 5.75 Å². The van der Waals surface area contributed by atoms with Gasteiger partial charge >= 0.3 is 11.9 Å².